The molecule has 1 aliphatic rings. The molecule has 0 amide bonds. The Labute approximate surface area is 182 Å². The predicted octanol–water partition coefficient (Wildman–Crippen LogP) is 2.73. The van der Waals surface area contributed by atoms with E-state index in [1.54, 1.807) is 13.1 Å². The molecule has 1 saturated carbocycles. The number of rotatable bonds is 5. The number of tetrazole rings is 1. The zero-order chi connectivity index (χ0) is 21.7. The van der Waals surface area contributed by atoms with Crippen LogP contribution in [0.25, 0.3) is 22.2 Å². The molecule has 0 bridgehead atoms. The number of halogens is 1. The lowest BCUT2D eigenvalue weighted by Crippen LogP contribution is -2.26. The van der Waals surface area contributed by atoms with Gasteiger partial charge < -0.3 is 15.6 Å². The monoisotopic (exact) mass is 437 g/mol. The quantitative estimate of drug-likeness (QED) is 0.487. The minimum Gasteiger partial charge on any atom is -0.383 e. The number of anilines is 2. The van der Waals surface area contributed by atoms with Crippen molar-refractivity contribution in [1.82, 2.24) is 34.7 Å². The molecule has 0 radical (unpaired) electrons. The molecule has 0 aliphatic heterocycles. The second-order valence-corrected chi connectivity index (χ2v) is 8.04. The molecule has 10 nitrogen and oxygen atoms in total. The second kappa shape index (κ2) is 7.31. The van der Waals surface area contributed by atoms with Crippen molar-refractivity contribution in [3.63, 3.8) is 0 Å². The van der Waals surface area contributed by atoms with Crippen LogP contribution in [0.2, 0.25) is 5.02 Å². The summed E-state index contributed by atoms with van der Waals surface area (Å²) in [6.45, 7) is 1.97. The molecule has 3 N–H and O–H groups in total. The van der Waals surface area contributed by atoms with E-state index in [4.69, 9.17) is 17.3 Å². The lowest BCUT2D eigenvalue weighted by molar-refractivity contribution is 0.630. The van der Waals surface area contributed by atoms with Crippen LogP contribution >= 0.6 is 11.6 Å². The third-order valence-corrected chi connectivity index (χ3v) is 5.69. The van der Waals surface area contributed by atoms with Crippen LogP contribution in [-0.2, 0) is 7.05 Å². The molecule has 4 aromatic rings. The number of nitrogens with zero attached hydrogens (tertiary/aromatic N) is 7. The number of benzene rings is 1. The summed E-state index contributed by atoms with van der Waals surface area (Å²) >= 11 is 6.35. The van der Waals surface area contributed by atoms with Crippen molar-refractivity contribution in [3.05, 3.63) is 51.7 Å². The van der Waals surface area contributed by atoms with E-state index >= 15 is 0 Å². The Balaban J connectivity index is 1.61. The lowest BCUT2D eigenvalue weighted by Gasteiger charge is -2.22. The molecule has 0 saturated heterocycles. The molecule has 1 aromatic carbocycles. The van der Waals surface area contributed by atoms with E-state index in [1.165, 1.54) is 11.1 Å². The smallest absolute Gasteiger partial charge is 0.260 e. The molecule has 1 fully saturated rings. The molecule has 1 unspecified atom stereocenters. The Morgan fingerprint density at radius 3 is 2.81 bits per heavy atom. The predicted molar refractivity (Wildman–Crippen MR) is 118 cm³/mol. The summed E-state index contributed by atoms with van der Waals surface area (Å²) in [5, 5.41) is 17.3. The Hall–Kier alpha value is -3.53. The van der Waals surface area contributed by atoms with Crippen LogP contribution in [0.4, 0.5) is 11.6 Å². The van der Waals surface area contributed by atoms with Gasteiger partial charge in [0.1, 0.15) is 23.5 Å². The first kappa shape index (κ1) is 19.4. The Morgan fingerprint density at radius 2 is 2.10 bits per heavy atom. The number of aryl methyl sites for hydroxylation is 1. The van der Waals surface area contributed by atoms with E-state index in [0.29, 0.717) is 27.6 Å². The number of hydrogen-bond acceptors (Lipinski definition) is 8. The molecular formula is C20H20ClN9O. The summed E-state index contributed by atoms with van der Waals surface area (Å²) in [6.07, 6.45) is 3.30. The highest BCUT2D eigenvalue weighted by atomic mass is 35.5. The molecule has 5 rings (SSSR count). The van der Waals surface area contributed by atoms with Crippen molar-refractivity contribution in [2.24, 2.45) is 7.05 Å². The number of nitrogens with one attached hydrogen (secondary N) is 1. The van der Waals surface area contributed by atoms with Gasteiger partial charge in [-0.15, -0.1) is 10.2 Å². The summed E-state index contributed by atoms with van der Waals surface area (Å²) in [6, 6.07) is 7.40. The zero-order valence-electron chi connectivity index (χ0n) is 16.9. The first-order valence-electron chi connectivity index (χ1n) is 9.89. The Morgan fingerprint density at radius 1 is 1.29 bits per heavy atom. The largest absolute Gasteiger partial charge is 0.383 e. The molecule has 0 spiro atoms. The minimum atomic E-state index is -0.263. The van der Waals surface area contributed by atoms with Gasteiger partial charge in [0.2, 0.25) is 5.82 Å². The molecule has 31 heavy (non-hydrogen) atoms. The Bertz CT molecular complexity index is 1360. The maximum atomic E-state index is 13.3. The number of fused-ring (bicyclic) bond motifs is 1. The van der Waals surface area contributed by atoms with Gasteiger partial charge in [0.05, 0.1) is 23.5 Å². The fourth-order valence-corrected chi connectivity index (χ4v) is 4.05. The fraction of sp³-hybridized carbons (Fsp3) is 0.300. The van der Waals surface area contributed by atoms with Crippen molar-refractivity contribution >= 4 is 34.0 Å². The first-order chi connectivity index (χ1) is 14.9. The van der Waals surface area contributed by atoms with Gasteiger partial charge in [-0.1, -0.05) is 23.7 Å². The van der Waals surface area contributed by atoms with Crippen LogP contribution in [-0.4, -0.2) is 34.7 Å². The lowest BCUT2D eigenvalue weighted by atomic mass is 10.1. The highest BCUT2D eigenvalue weighted by Crippen LogP contribution is 2.38. The van der Waals surface area contributed by atoms with Crippen molar-refractivity contribution < 1.29 is 0 Å². The van der Waals surface area contributed by atoms with Crippen molar-refractivity contribution in [2.45, 2.75) is 31.8 Å². The van der Waals surface area contributed by atoms with Crippen LogP contribution in [0, 0.1) is 0 Å². The summed E-state index contributed by atoms with van der Waals surface area (Å²) in [4.78, 5) is 23.1. The molecule has 3 aromatic heterocycles. The van der Waals surface area contributed by atoms with Gasteiger partial charge in [-0.3, -0.25) is 4.79 Å². The number of hydrogen-bond donors (Lipinski definition) is 2. The minimum absolute atomic E-state index is 0.0766. The van der Waals surface area contributed by atoms with Crippen LogP contribution in [0.1, 0.15) is 37.5 Å². The molecule has 1 aliphatic carbocycles. The van der Waals surface area contributed by atoms with Crippen molar-refractivity contribution in [2.75, 3.05) is 11.1 Å². The van der Waals surface area contributed by atoms with Crippen LogP contribution < -0.4 is 16.6 Å². The van der Waals surface area contributed by atoms with Gasteiger partial charge >= 0.3 is 0 Å². The fourth-order valence-electron chi connectivity index (χ4n) is 3.79. The molecule has 158 valence electrons. The Kier molecular flexibility index (Phi) is 4.58. The molecular weight excluding hydrogens is 418 g/mol. The normalized spacial score (nSPS) is 14.7. The van der Waals surface area contributed by atoms with E-state index in [0.717, 1.165) is 23.9 Å². The van der Waals surface area contributed by atoms with Crippen molar-refractivity contribution in [1.29, 1.82) is 0 Å². The highest BCUT2D eigenvalue weighted by Gasteiger charge is 2.30. The average Bonchev–Trinajstić information content (AvgIpc) is 3.48. The summed E-state index contributed by atoms with van der Waals surface area (Å²) in [7, 11) is 1.67. The zero-order valence-corrected chi connectivity index (χ0v) is 17.7. The van der Waals surface area contributed by atoms with Gasteiger partial charge in [-0.2, -0.15) is 4.80 Å². The third-order valence-electron chi connectivity index (χ3n) is 5.38. The van der Waals surface area contributed by atoms with E-state index in [2.05, 4.69) is 30.7 Å². The van der Waals surface area contributed by atoms with Gasteiger partial charge in [0.25, 0.3) is 5.56 Å². The van der Waals surface area contributed by atoms with Crippen LogP contribution in [0.5, 0.6) is 0 Å². The van der Waals surface area contributed by atoms with E-state index in [9.17, 15) is 4.79 Å². The molecule has 11 heteroatoms. The van der Waals surface area contributed by atoms with Crippen LogP contribution in [0.3, 0.4) is 0 Å². The maximum Gasteiger partial charge on any atom is 0.260 e. The standard InChI is InChI=1S/C20H20ClN9O/c1-10(25-18-16(17(22)23-9-24-18)19-26-28-29(2)27-19)14-8-11-4-3-5-13(21)15(11)20(31)30(14)12-6-7-12/h3-5,8-10,12H,6-7H2,1-2H3,(H3,22,23,24,25). The summed E-state index contributed by atoms with van der Waals surface area (Å²) in [5.74, 6) is 1.02. The summed E-state index contributed by atoms with van der Waals surface area (Å²) in [5.41, 5.74) is 7.34. The van der Waals surface area contributed by atoms with E-state index in [-0.39, 0.29) is 23.5 Å². The third kappa shape index (κ3) is 3.38. The molecule has 1 atom stereocenters. The van der Waals surface area contributed by atoms with Gasteiger partial charge in [-0.25, -0.2) is 9.97 Å². The number of nitrogen functional groups attached to an aromatic ring is 1. The first-order valence-corrected chi connectivity index (χ1v) is 10.3. The van der Waals surface area contributed by atoms with Gasteiger partial charge in [0, 0.05) is 11.7 Å². The maximum absolute atomic E-state index is 13.3. The van der Waals surface area contributed by atoms with Crippen LogP contribution in [0.15, 0.2) is 35.4 Å². The van der Waals surface area contributed by atoms with E-state index < -0.39 is 0 Å². The number of nitrogens with two attached hydrogens (primary N) is 1. The average molecular weight is 438 g/mol. The second-order valence-electron chi connectivity index (χ2n) is 7.63. The molecule has 3 heterocycles. The van der Waals surface area contributed by atoms with E-state index in [1.807, 2.05) is 29.7 Å². The SMILES string of the molecule is CC(Nc1ncnc(N)c1-c1nnn(C)n1)c1cc2cccc(Cl)c2c(=O)n1C1CC1. The highest BCUT2D eigenvalue weighted by molar-refractivity contribution is 6.35. The number of pyridine rings is 1. The summed E-state index contributed by atoms with van der Waals surface area (Å²) < 4.78 is 1.84. The van der Waals surface area contributed by atoms with Gasteiger partial charge in [0.15, 0.2) is 0 Å². The number of aromatic nitrogens is 7. The van der Waals surface area contributed by atoms with Crippen molar-refractivity contribution in [3.8, 4) is 11.4 Å². The van der Waals surface area contributed by atoms with Gasteiger partial charge in [-0.05, 0) is 42.5 Å². The topological polar surface area (TPSA) is 129 Å².